The number of carbonyl (C=O) groups is 1. The molecule has 0 spiro atoms. The smallest absolute Gasteiger partial charge is 0.329 e. The summed E-state index contributed by atoms with van der Waals surface area (Å²) in [6, 6.07) is 9.43. The number of hydrogen-bond acceptors (Lipinski definition) is 4. The highest BCUT2D eigenvalue weighted by Crippen LogP contribution is 2.21. The van der Waals surface area contributed by atoms with Gasteiger partial charge >= 0.3 is 5.69 Å². The largest absolute Gasteiger partial charge is 0.338 e. The minimum Gasteiger partial charge on any atom is -0.338 e. The Labute approximate surface area is 177 Å². The summed E-state index contributed by atoms with van der Waals surface area (Å²) >= 11 is 0. The normalized spacial score (nSPS) is 15.5. The predicted molar refractivity (Wildman–Crippen MR) is 109 cm³/mol. The van der Waals surface area contributed by atoms with Crippen molar-refractivity contribution in [3.63, 3.8) is 0 Å². The van der Waals surface area contributed by atoms with Crippen LogP contribution in [0.5, 0.6) is 0 Å². The van der Waals surface area contributed by atoms with Crippen LogP contribution in [0.2, 0.25) is 0 Å². The molecule has 0 saturated carbocycles. The molecule has 1 aliphatic heterocycles. The van der Waals surface area contributed by atoms with E-state index in [2.05, 4.69) is 0 Å². The fraction of sp³-hybridized carbons (Fsp3) is 0.300. The van der Waals surface area contributed by atoms with Crippen LogP contribution in [0.1, 0.15) is 0 Å². The number of sulfonamides is 1. The Balaban J connectivity index is 1.48. The van der Waals surface area contributed by atoms with Gasteiger partial charge in [0.1, 0.15) is 23.1 Å². The van der Waals surface area contributed by atoms with Crippen molar-refractivity contribution in [2.45, 2.75) is 11.4 Å². The maximum Gasteiger partial charge on any atom is 0.329 e. The van der Waals surface area contributed by atoms with E-state index < -0.39 is 26.6 Å². The van der Waals surface area contributed by atoms with Crippen LogP contribution in [0.25, 0.3) is 11.0 Å². The first kappa shape index (κ1) is 21.2. The molecule has 164 valence electrons. The molecule has 1 fully saturated rings. The minimum atomic E-state index is -4.15. The number of hydrogen-bond donors (Lipinski definition) is 0. The van der Waals surface area contributed by atoms with Crippen LogP contribution in [0.4, 0.5) is 8.78 Å². The maximum absolute atomic E-state index is 14.0. The lowest BCUT2D eigenvalue weighted by molar-refractivity contribution is -0.133. The summed E-state index contributed by atoms with van der Waals surface area (Å²) in [5.41, 5.74) is 1.02. The Hall–Kier alpha value is -3.05. The van der Waals surface area contributed by atoms with Gasteiger partial charge in [0.05, 0.1) is 11.0 Å². The fourth-order valence-electron chi connectivity index (χ4n) is 3.75. The lowest BCUT2D eigenvalue weighted by Gasteiger charge is -2.34. The van der Waals surface area contributed by atoms with Crippen molar-refractivity contribution in [3.8, 4) is 0 Å². The van der Waals surface area contributed by atoms with E-state index in [9.17, 15) is 26.8 Å². The molecule has 2 heterocycles. The number of amides is 1. The van der Waals surface area contributed by atoms with Gasteiger partial charge in [-0.25, -0.2) is 22.0 Å². The molecule has 3 aromatic rings. The molecule has 31 heavy (non-hydrogen) atoms. The SMILES string of the molecule is Cn1c(=O)n(CC(=O)N2CCN(S(=O)(=O)c3ccc(F)cc3F)CC2)c2ccccc21. The van der Waals surface area contributed by atoms with Crippen molar-refractivity contribution in [2.24, 2.45) is 7.05 Å². The van der Waals surface area contributed by atoms with E-state index >= 15 is 0 Å². The molecular weight excluding hydrogens is 430 g/mol. The Bertz CT molecular complexity index is 1320. The van der Waals surface area contributed by atoms with E-state index in [0.717, 1.165) is 16.4 Å². The lowest BCUT2D eigenvalue weighted by Crippen LogP contribution is -2.51. The Morgan fingerprint density at radius 1 is 1.00 bits per heavy atom. The summed E-state index contributed by atoms with van der Waals surface area (Å²) in [7, 11) is -2.53. The first-order valence-corrected chi connectivity index (χ1v) is 11.0. The molecule has 2 aromatic carbocycles. The van der Waals surface area contributed by atoms with Crippen LogP contribution in [0, 0.1) is 11.6 Å². The average Bonchev–Trinajstić information content (AvgIpc) is 2.98. The third-order valence-electron chi connectivity index (χ3n) is 5.45. The highest BCUT2D eigenvalue weighted by molar-refractivity contribution is 7.89. The first-order chi connectivity index (χ1) is 14.7. The van der Waals surface area contributed by atoms with Crippen LogP contribution >= 0.6 is 0 Å². The predicted octanol–water partition coefficient (Wildman–Crippen LogP) is 1.15. The van der Waals surface area contributed by atoms with Gasteiger partial charge in [-0.15, -0.1) is 0 Å². The van der Waals surface area contributed by atoms with Gasteiger partial charge in [0.25, 0.3) is 0 Å². The number of benzene rings is 2. The molecule has 0 unspecified atom stereocenters. The number of piperazine rings is 1. The van der Waals surface area contributed by atoms with Gasteiger partial charge in [-0.2, -0.15) is 4.31 Å². The van der Waals surface area contributed by atoms with Gasteiger partial charge in [-0.05, 0) is 24.3 Å². The second kappa shape index (κ2) is 7.89. The molecular formula is C20H20F2N4O4S. The summed E-state index contributed by atoms with van der Waals surface area (Å²) in [5, 5.41) is 0. The zero-order valence-electron chi connectivity index (χ0n) is 16.7. The molecule has 0 bridgehead atoms. The van der Waals surface area contributed by atoms with Gasteiger partial charge in [0, 0.05) is 39.3 Å². The summed E-state index contributed by atoms with van der Waals surface area (Å²) in [5.74, 6) is -2.34. The molecule has 0 N–H and O–H groups in total. The number of para-hydroxylation sites is 2. The summed E-state index contributed by atoms with van der Waals surface area (Å²) in [4.78, 5) is 26.2. The summed E-state index contributed by atoms with van der Waals surface area (Å²) in [6.07, 6.45) is 0. The Morgan fingerprint density at radius 3 is 2.29 bits per heavy atom. The maximum atomic E-state index is 14.0. The molecule has 1 amide bonds. The average molecular weight is 450 g/mol. The highest BCUT2D eigenvalue weighted by atomic mass is 32.2. The van der Waals surface area contributed by atoms with Gasteiger partial charge in [-0.3, -0.25) is 13.9 Å². The van der Waals surface area contributed by atoms with Crippen molar-refractivity contribution in [1.29, 1.82) is 0 Å². The molecule has 0 radical (unpaired) electrons. The monoisotopic (exact) mass is 450 g/mol. The van der Waals surface area contributed by atoms with Gasteiger partial charge in [0.15, 0.2) is 0 Å². The lowest BCUT2D eigenvalue weighted by atomic mass is 10.3. The number of rotatable bonds is 4. The number of nitrogens with zero attached hydrogens (tertiary/aromatic N) is 4. The number of aromatic nitrogens is 2. The van der Waals surface area contributed by atoms with Crippen LogP contribution in [-0.2, 0) is 28.4 Å². The molecule has 11 heteroatoms. The number of carbonyl (C=O) groups excluding carboxylic acids is 1. The van der Waals surface area contributed by atoms with Crippen molar-refractivity contribution in [2.75, 3.05) is 26.2 Å². The zero-order chi connectivity index (χ0) is 22.3. The summed E-state index contributed by atoms with van der Waals surface area (Å²) in [6.45, 7) is -0.0367. The topological polar surface area (TPSA) is 84.6 Å². The quantitative estimate of drug-likeness (QED) is 0.597. The number of halogens is 2. The second-order valence-electron chi connectivity index (χ2n) is 7.28. The van der Waals surface area contributed by atoms with Crippen molar-refractivity contribution in [3.05, 3.63) is 64.6 Å². The summed E-state index contributed by atoms with van der Waals surface area (Å²) < 4.78 is 56.4. The van der Waals surface area contributed by atoms with E-state index in [0.29, 0.717) is 17.1 Å². The minimum absolute atomic E-state index is 0.0324. The van der Waals surface area contributed by atoms with Crippen LogP contribution in [0.3, 0.4) is 0 Å². The van der Waals surface area contributed by atoms with Crippen LogP contribution in [0.15, 0.2) is 52.2 Å². The zero-order valence-corrected chi connectivity index (χ0v) is 17.5. The molecule has 0 aliphatic carbocycles. The number of imidazole rings is 1. The molecule has 1 aliphatic rings. The number of aryl methyl sites for hydroxylation is 1. The molecule has 8 nitrogen and oxygen atoms in total. The fourth-order valence-corrected chi connectivity index (χ4v) is 5.22. The van der Waals surface area contributed by atoms with Crippen LogP contribution in [-0.4, -0.2) is 58.8 Å². The van der Waals surface area contributed by atoms with Crippen molar-refractivity contribution in [1.82, 2.24) is 18.3 Å². The van der Waals surface area contributed by atoms with Gasteiger partial charge < -0.3 is 4.90 Å². The number of fused-ring (bicyclic) bond motifs is 1. The van der Waals surface area contributed by atoms with E-state index in [1.807, 2.05) is 0 Å². The van der Waals surface area contributed by atoms with Gasteiger partial charge in [-0.1, -0.05) is 12.1 Å². The molecule has 4 rings (SSSR count). The molecule has 1 saturated heterocycles. The first-order valence-electron chi connectivity index (χ1n) is 9.57. The highest BCUT2D eigenvalue weighted by Gasteiger charge is 2.32. The van der Waals surface area contributed by atoms with E-state index in [4.69, 9.17) is 0 Å². The Kier molecular flexibility index (Phi) is 5.40. The molecule has 0 atom stereocenters. The molecule has 1 aromatic heterocycles. The van der Waals surface area contributed by atoms with E-state index in [-0.39, 0.29) is 44.3 Å². The third kappa shape index (κ3) is 3.74. The van der Waals surface area contributed by atoms with E-state index in [1.165, 1.54) is 14.0 Å². The van der Waals surface area contributed by atoms with Crippen molar-refractivity contribution >= 4 is 27.0 Å². The standard InChI is InChI=1S/C20H20F2N4O4S/c1-23-16-4-2-3-5-17(16)26(20(23)28)13-19(27)24-8-10-25(11-9-24)31(29,30)18-7-6-14(21)12-15(18)22/h2-7,12H,8-11,13H2,1H3. The second-order valence-corrected chi connectivity index (χ2v) is 9.18. The van der Waals surface area contributed by atoms with Crippen molar-refractivity contribution < 1.29 is 22.0 Å². The van der Waals surface area contributed by atoms with E-state index in [1.54, 1.807) is 31.3 Å². The van der Waals surface area contributed by atoms with Gasteiger partial charge in [0.2, 0.25) is 15.9 Å². The third-order valence-corrected chi connectivity index (χ3v) is 7.38. The van der Waals surface area contributed by atoms with Crippen LogP contribution < -0.4 is 5.69 Å². The Morgan fingerprint density at radius 2 is 1.65 bits per heavy atom.